The molecule has 0 radical (unpaired) electrons. The summed E-state index contributed by atoms with van der Waals surface area (Å²) in [6.45, 7) is 4.78. The number of nitrogens with one attached hydrogen (secondary N) is 3. The van der Waals surface area contributed by atoms with E-state index >= 15 is 0 Å². The number of hydrogen-bond acceptors (Lipinski definition) is 5. The minimum Gasteiger partial charge on any atom is -0.330 e. The first-order chi connectivity index (χ1) is 14.9. The van der Waals surface area contributed by atoms with E-state index in [1.807, 2.05) is 18.2 Å². The van der Waals surface area contributed by atoms with Crippen molar-refractivity contribution in [3.63, 3.8) is 0 Å². The van der Waals surface area contributed by atoms with Gasteiger partial charge in [-0.1, -0.05) is 37.6 Å². The summed E-state index contributed by atoms with van der Waals surface area (Å²) in [6.07, 6.45) is 2.36. The van der Waals surface area contributed by atoms with Crippen molar-refractivity contribution < 1.29 is 14.4 Å². The van der Waals surface area contributed by atoms with Crippen LogP contribution in [0.25, 0.3) is 0 Å². The van der Waals surface area contributed by atoms with E-state index in [2.05, 4.69) is 34.0 Å². The summed E-state index contributed by atoms with van der Waals surface area (Å²) < 4.78 is 1.52. The third-order valence-electron chi connectivity index (χ3n) is 5.72. The molecule has 4 rings (SSSR count). The molecule has 2 atom stereocenters. The van der Waals surface area contributed by atoms with Crippen LogP contribution in [-0.2, 0) is 27.3 Å². The number of hydrogen-bond donors (Lipinski definition) is 3. The molecule has 9 nitrogen and oxygen atoms in total. The van der Waals surface area contributed by atoms with Gasteiger partial charge in [-0.2, -0.15) is 5.10 Å². The van der Waals surface area contributed by atoms with Crippen LogP contribution in [-0.4, -0.2) is 45.0 Å². The van der Waals surface area contributed by atoms with E-state index < -0.39 is 18.1 Å². The number of nitrogens with zero attached hydrogens (tertiary/aromatic N) is 3. The van der Waals surface area contributed by atoms with E-state index in [0.29, 0.717) is 31.0 Å². The molecular formula is C22H28N6O3. The Morgan fingerprint density at radius 3 is 2.81 bits per heavy atom. The number of rotatable bonds is 4. The van der Waals surface area contributed by atoms with Gasteiger partial charge >= 0.3 is 11.8 Å². The predicted molar refractivity (Wildman–Crippen MR) is 115 cm³/mol. The van der Waals surface area contributed by atoms with Gasteiger partial charge < -0.3 is 15.5 Å². The van der Waals surface area contributed by atoms with Gasteiger partial charge in [-0.05, 0) is 30.9 Å². The Hall–Kier alpha value is -3.20. The fourth-order valence-corrected chi connectivity index (χ4v) is 4.21. The summed E-state index contributed by atoms with van der Waals surface area (Å²) in [6, 6.07) is 9.67. The van der Waals surface area contributed by atoms with Gasteiger partial charge in [0, 0.05) is 31.6 Å². The van der Waals surface area contributed by atoms with Crippen molar-refractivity contribution in [1.82, 2.24) is 25.3 Å². The lowest BCUT2D eigenvalue weighted by molar-refractivity contribution is -0.143. The molecule has 1 aromatic carbocycles. The predicted octanol–water partition coefficient (Wildman–Crippen LogP) is 1.45. The number of fused-ring (bicyclic) bond motifs is 1. The van der Waals surface area contributed by atoms with Crippen LogP contribution in [0, 0.1) is 6.92 Å². The van der Waals surface area contributed by atoms with Crippen LogP contribution in [0.3, 0.4) is 0 Å². The Bertz CT molecular complexity index is 1000. The first-order valence-electron chi connectivity index (χ1n) is 10.7. The number of aromatic nitrogens is 2. The molecule has 1 aromatic heterocycles. The lowest BCUT2D eigenvalue weighted by Gasteiger charge is -2.32. The fourth-order valence-electron chi connectivity index (χ4n) is 4.21. The highest BCUT2D eigenvalue weighted by molar-refractivity contribution is 6.39. The Morgan fingerprint density at radius 2 is 2.03 bits per heavy atom. The standard InChI is InChI=1S/C22H28N6O3/c1-3-6-17-12-19(29)25-22(23-17)28-18(11-14(2)26-28)24-20(30)21(31)27-10-9-15-7-4-5-8-16(15)13-27/h4-5,7-8,11,17,22-23H,3,6,9-10,12-13H2,1-2H3,(H,24,30)(H,25,29). The van der Waals surface area contributed by atoms with Crippen LogP contribution in [0.1, 0.15) is 49.3 Å². The van der Waals surface area contributed by atoms with Gasteiger partial charge in [-0.3, -0.25) is 19.7 Å². The molecule has 2 aliphatic heterocycles. The molecule has 2 aliphatic rings. The number of aryl methyl sites for hydroxylation is 1. The Balaban J connectivity index is 1.47. The lowest BCUT2D eigenvalue weighted by atomic mass is 10.00. The smallest absolute Gasteiger partial charge is 0.315 e. The fraction of sp³-hybridized carbons (Fsp3) is 0.455. The SMILES string of the molecule is CCCC1CC(=O)NC(n2nc(C)cc2NC(=O)C(=O)N2CCc3ccccc3C2)N1. The second kappa shape index (κ2) is 8.89. The summed E-state index contributed by atoms with van der Waals surface area (Å²) in [5.74, 6) is -1.00. The minimum absolute atomic E-state index is 0.0341. The molecule has 164 valence electrons. The topological polar surface area (TPSA) is 108 Å². The third-order valence-corrected chi connectivity index (χ3v) is 5.72. The average Bonchev–Trinajstić information content (AvgIpc) is 3.12. The summed E-state index contributed by atoms with van der Waals surface area (Å²) in [5, 5.41) is 13.3. The van der Waals surface area contributed by atoms with Crippen molar-refractivity contribution in [2.75, 3.05) is 11.9 Å². The highest BCUT2D eigenvalue weighted by atomic mass is 16.2. The van der Waals surface area contributed by atoms with Gasteiger partial charge in [0.2, 0.25) is 5.91 Å². The molecule has 3 amide bonds. The average molecular weight is 425 g/mol. The molecule has 1 fully saturated rings. The Labute approximate surface area is 181 Å². The van der Waals surface area contributed by atoms with Crippen molar-refractivity contribution in [2.45, 2.75) is 58.4 Å². The first-order valence-corrected chi connectivity index (χ1v) is 10.7. The molecule has 2 unspecified atom stereocenters. The van der Waals surface area contributed by atoms with Crippen molar-refractivity contribution in [3.05, 3.63) is 47.2 Å². The minimum atomic E-state index is -0.715. The summed E-state index contributed by atoms with van der Waals surface area (Å²) in [5.41, 5.74) is 2.94. The van der Waals surface area contributed by atoms with Gasteiger partial charge in [0.15, 0.2) is 6.29 Å². The Kier molecular flexibility index (Phi) is 6.03. The lowest BCUT2D eigenvalue weighted by Crippen LogP contribution is -2.53. The molecule has 1 saturated heterocycles. The summed E-state index contributed by atoms with van der Waals surface area (Å²) in [7, 11) is 0. The van der Waals surface area contributed by atoms with Crippen molar-refractivity contribution >= 4 is 23.5 Å². The van der Waals surface area contributed by atoms with Crippen LogP contribution >= 0.6 is 0 Å². The second-order valence-corrected chi connectivity index (χ2v) is 8.14. The van der Waals surface area contributed by atoms with Crippen LogP contribution < -0.4 is 16.0 Å². The monoisotopic (exact) mass is 424 g/mol. The van der Waals surface area contributed by atoms with Gasteiger partial charge in [0.05, 0.1) is 5.69 Å². The largest absolute Gasteiger partial charge is 0.330 e. The zero-order valence-corrected chi connectivity index (χ0v) is 17.9. The highest BCUT2D eigenvalue weighted by Gasteiger charge is 2.30. The quantitative estimate of drug-likeness (QED) is 0.644. The number of benzene rings is 1. The maximum atomic E-state index is 12.8. The zero-order valence-electron chi connectivity index (χ0n) is 17.9. The maximum absolute atomic E-state index is 12.8. The molecule has 3 N–H and O–H groups in total. The molecule has 2 aromatic rings. The summed E-state index contributed by atoms with van der Waals surface area (Å²) in [4.78, 5) is 39.2. The third kappa shape index (κ3) is 4.61. The van der Waals surface area contributed by atoms with E-state index in [-0.39, 0.29) is 11.9 Å². The second-order valence-electron chi connectivity index (χ2n) is 8.14. The van der Waals surface area contributed by atoms with Crippen LogP contribution in [0.5, 0.6) is 0 Å². The normalized spacial score (nSPS) is 20.7. The number of carbonyl (C=O) groups is 3. The van der Waals surface area contributed by atoms with Gasteiger partial charge in [-0.25, -0.2) is 4.68 Å². The molecule has 0 bridgehead atoms. The van der Waals surface area contributed by atoms with Crippen molar-refractivity contribution in [3.8, 4) is 0 Å². The van der Waals surface area contributed by atoms with Crippen LogP contribution in [0.4, 0.5) is 5.82 Å². The zero-order chi connectivity index (χ0) is 22.0. The molecular weight excluding hydrogens is 396 g/mol. The van der Waals surface area contributed by atoms with E-state index in [1.165, 1.54) is 10.2 Å². The van der Waals surface area contributed by atoms with Gasteiger partial charge in [0.25, 0.3) is 0 Å². The van der Waals surface area contributed by atoms with E-state index in [9.17, 15) is 14.4 Å². The molecule has 0 aliphatic carbocycles. The highest BCUT2D eigenvalue weighted by Crippen LogP contribution is 2.21. The van der Waals surface area contributed by atoms with Crippen LogP contribution in [0.2, 0.25) is 0 Å². The van der Waals surface area contributed by atoms with E-state index in [4.69, 9.17) is 0 Å². The number of anilines is 1. The molecule has 3 heterocycles. The van der Waals surface area contributed by atoms with Crippen molar-refractivity contribution in [2.24, 2.45) is 0 Å². The van der Waals surface area contributed by atoms with Gasteiger partial charge in [0.1, 0.15) is 5.82 Å². The molecule has 31 heavy (non-hydrogen) atoms. The number of amides is 3. The molecule has 9 heteroatoms. The summed E-state index contributed by atoms with van der Waals surface area (Å²) >= 11 is 0. The van der Waals surface area contributed by atoms with Crippen LogP contribution in [0.15, 0.2) is 30.3 Å². The Morgan fingerprint density at radius 1 is 1.26 bits per heavy atom. The van der Waals surface area contributed by atoms with E-state index in [0.717, 1.165) is 24.8 Å². The maximum Gasteiger partial charge on any atom is 0.315 e. The number of carbonyl (C=O) groups excluding carboxylic acids is 3. The molecule has 0 saturated carbocycles. The first kappa shape index (κ1) is 21.0. The molecule has 0 spiro atoms. The van der Waals surface area contributed by atoms with E-state index in [1.54, 1.807) is 17.9 Å². The van der Waals surface area contributed by atoms with Crippen molar-refractivity contribution in [1.29, 1.82) is 0 Å². The van der Waals surface area contributed by atoms with Gasteiger partial charge in [-0.15, -0.1) is 0 Å².